The van der Waals surface area contributed by atoms with E-state index in [-0.39, 0.29) is 0 Å². The Labute approximate surface area is 308 Å². The summed E-state index contributed by atoms with van der Waals surface area (Å²) in [5.41, 5.74) is 11.1. The fourth-order valence-corrected chi connectivity index (χ4v) is 8.37. The number of H-pyrrole nitrogens is 2. The van der Waals surface area contributed by atoms with Crippen LogP contribution in [0.15, 0.2) is 72.8 Å². The average molecular weight is 711 g/mol. The van der Waals surface area contributed by atoms with E-state index < -0.39 is 0 Å². The van der Waals surface area contributed by atoms with Crippen LogP contribution in [-0.2, 0) is 20.8 Å². The Morgan fingerprint density at radius 2 is 0.981 bits per heavy atom. The van der Waals surface area contributed by atoms with E-state index in [9.17, 15) is 0 Å². The number of hydrogen-bond donors (Lipinski definition) is 2. The molecule has 0 radical (unpaired) electrons. The molecule has 0 amide bonds. The minimum absolute atomic E-state index is 0.766. The lowest BCUT2D eigenvalue weighted by Crippen LogP contribution is -2.36. The number of imidazole rings is 2. The lowest BCUT2D eigenvalue weighted by molar-refractivity contribution is 0.0371. The van der Waals surface area contributed by atoms with Gasteiger partial charge in [0, 0.05) is 90.1 Å². The molecule has 0 unspecified atom stereocenters. The van der Waals surface area contributed by atoms with Crippen LogP contribution >= 0.6 is 0 Å². The number of aromatic nitrogens is 5. The summed E-state index contributed by atoms with van der Waals surface area (Å²) in [6.07, 6.45) is 2.28. The van der Waals surface area contributed by atoms with E-state index in [1.165, 1.54) is 33.2 Å². The van der Waals surface area contributed by atoms with Gasteiger partial charge in [0.05, 0.1) is 61.7 Å². The first-order valence-corrected chi connectivity index (χ1v) is 19.3. The highest BCUT2D eigenvalue weighted by molar-refractivity contribution is 6.10. The Bertz CT molecular complexity index is 2240. The summed E-state index contributed by atoms with van der Waals surface area (Å²) >= 11 is 0. The first-order valence-electron chi connectivity index (χ1n) is 19.3. The van der Waals surface area contributed by atoms with E-state index in [0.29, 0.717) is 0 Å². The van der Waals surface area contributed by atoms with Crippen molar-refractivity contribution in [2.75, 3.05) is 95.3 Å². The molecule has 3 fully saturated rings. The predicted molar refractivity (Wildman–Crippen MR) is 212 cm³/mol. The highest BCUT2D eigenvalue weighted by Crippen LogP contribution is 2.36. The molecule has 7 aromatic rings. The number of anilines is 2. The fraction of sp³-hybridized carbons (Fsp3) is 0.381. The Morgan fingerprint density at radius 1 is 0.509 bits per heavy atom. The molecule has 53 heavy (non-hydrogen) atoms. The smallest absolute Gasteiger partial charge is 0.138 e. The Hall–Kier alpha value is -4.94. The number of aryl methyl sites for hydroxylation is 1. The van der Waals surface area contributed by atoms with Crippen LogP contribution in [0.4, 0.5) is 11.4 Å². The third-order valence-corrected chi connectivity index (χ3v) is 11.3. The van der Waals surface area contributed by atoms with Gasteiger partial charge < -0.3 is 38.5 Å². The van der Waals surface area contributed by atoms with Crippen molar-refractivity contribution >= 4 is 55.2 Å². The van der Waals surface area contributed by atoms with E-state index in [1.807, 2.05) is 0 Å². The standard InChI is InChI=1S/C42H46N8O3/c1(11-47-13-19-51-20-14-47)2-12-50-39-9-3-29(41-43-35-7-5-31(27-37(35)45-41)48-15-21-52-22-16-48)25-33(39)34-26-30(4-10-40(34)50)42-44-36-8-6-32(28-38(36)46-42)49-17-23-53-24-18-49/h3-10,25-28H,1-2,11-24H2,(H,43,45)(H,44,46). The number of ether oxygens (including phenoxy) is 3. The van der Waals surface area contributed by atoms with Crippen LogP contribution in [-0.4, -0.2) is 115 Å². The summed E-state index contributed by atoms with van der Waals surface area (Å²) in [5.74, 6) is 1.77. The zero-order valence-corrected chi connectivity index (χ0v) is 30.1. The second kappa shape index (κ2) is 14.1. The molecule has 0 aliphatic carbocycles. The van der Waals surface area contributed by atoms with Crippen LogP contribution in [0.3, 0.4) is 0 Å². The van der Waals surface area contributed by atoms with Gasteiger partial charge >= 0.3 is 0 Å². The van der Waals surface area contributed by atoms with Crippen LogP contribution < -0.4 is 9.80 Å². The molecule has 10 rings (SSSR count). The Kier molecular flexibility index (Phi) is 8.72. The van der Waals surface area contributed by atoms with Gasteiger partial charge in [0.15, 0.2) is 0 Å². The molecule has 272 valence electrons. The van der Waals surface area contributed by atoms with Gasteiger partial charge in [-0.1, -0.05) is 0 Å². The minimum atomic E-state index is 0.766. The number of nitrogens with zero attached hydrogens (tertiary/aromatic N) is 6. The Morgan fingerprint density at radius 3 is 1.49 bits per heavy atom. The molecule has 0 atom stereocenters. The van der Waals surface area contributed by atoms with Crippen molar-refractivity contribution < 1.29 is 14.2 Å². The number of nitrogens with one attached hydrogen (secondary N) is 2. The van der Waals surface area contributed by atoms with Crippen molar-refractivity contribution in [3.05, 3.63) is 72.8 Å². The molecule has 2 N–H and O–H groups in total. The number of hydrogen-bond acceptors (Lipinski definition) is 8. The number of unbranched alkanes of at least 4 members (excludes halogenated alkanes) is 1. The molecule has 0 bridgehead atoms. The molecule has 11 heteroatoms. The summed E-state index contributed by atoms with van der Waals surface area (Å²) in [6.45, 7) is 12.5. The molecular weight excluding hydrogens is 665 g/mol. The topological polar surface area (TPSA) is 99.7 Å². The zero-order chi connectivity index (χ0) is 35.1. The number of benzene rings is 4. The van der Waals surface area contributed by atoms with Gasteiger partial charge in [0.1, 0.15) is 11.6 Å². The first kappa shape index (κ1) is 32.7. The highest BCUT2D eigenvalue weighted by Gasteiger charge is 2.18. The van der Waals surface area contributed by atoms with Gasteiger partial charge in [-0.3, -0.25) is 4.90 Å². The van der Waals surface area contributed by atoms with Gasteiger partial charge in [-0.15, -0.1) is 0 Å². The van der Waals surface area contributed by atoms with Crippen LogP contribution in [0.2, 0.25) is 0 Å². The molecule has 6 heterocycles. The maximum atomic E-state index is 5.58. The number of fused-ring (bicyclic) bond motifs is 5. The van der Waals surface area contributed by atoms with Crippen molar-refractivity contribution in [3.8, 4) is 22.8 Å². The second-order valence-electron chi connectivity index (χ2n) is 14.5. The van der Waals surface area contributed by atoms with Gasteiger partial charge in [0.2, 0.25) is 0 Å². The van der Waals surface area contributed by atoms with Gasteiger partial charge in [-0.25, -0.2) is 9.97 Å². The summed E-state index contributed by atoms with van der Waals surface area (Å²) in [6, 6.07) is 26.7. The number of aromatic amines is 2. The van der Waals surface area contributed by atoms with Crippen molar-refractivity contribution in [2.45, 2.75) is 19.4 Å². The zero-order valence-electron chi connectivity index (χ0n) is 30.1. The van der Waals surface area contributed by atoms with E-state index in [2.05, 4.69) is 102 Å². The lowest BCUT2D eigenvalue weighted by Gasteiger charge is -2.28. The summed E-state index contributed by atoms with van der Waals surface area (Å²) in [4.78, 5) is 24.7. The molecule has 4 aromatic carbocycles. The van der Waals surface area contributed by atoms with E-state index in [0.717, 1.165) is 150 Å². The van der Waals surface area contributed by atoms with E-state index in [4.69, 9.17) is 24.2 Å². The molecule has 3 saturated heterocycles. The van der Waals surface area contributed by atoms with Crippen LogP contribution in [0.5, 0.6) is 0 Å². The summed E-state index contributed by atoms with van der Waals surface area (Å²) in [7, 11) is 0. The van der Waals surface area contributed by atoms with Crippen molar-refractivity contribution in [2.24, 2.45) is 0 Å². The lowest BCUT2D eigenvalue weighted by atomic mass is 10.1. The minimum Gasteiger partial charge on any atom is -0.379 e. The molecule has 0 spiro atoms. The van der Waals surface area contributed by atoms with Gasteiger partial charge in [-0.05, 0) is 92.2 Å². The quantitative estimate of drug-likeness (QED) is 0.161. The van der Waals surface area contributed by atoms with Crippen LogP contribution in [0.1, 0.15) is 12.8 Å². The molecular formula is C42H46N8O3. The monoisotopic (exact) mass is 710 g/mol. The van der Waals surface area contributed by atoms with Crippen molar-refractivity contribution in [3.63, 3.8) is 0 Å². The third kappa shape index (κ3) is 6.41. The first-order chi connectivity index (χ1) is 26.2. The third-order valence-electron chi connectivity index (χ3n) is 11.3. The SMILES string of the molecule is c1cc2c(cc1-c1nc3ccc(N4CCOCC4)cc3[nH]1)c1cc(-c3nc4ccc(N5CCOCC5)cc4[nH]3)ccc1n2CCCCN1CCOCC1. The van der Waals surface area contributed by atoms with Crippen molar-refractivity contribution in [1.29, 1.82) is 0 Å². The maximum absolute atomic E-state index is 5.58. The number of morpholine rings is 3. The highest BCUT2D eigenvalue weighted by atomic mass is 16.5. The summed E-state index contributed by atoms with van der Waals surface area (Å²) < 4.78 is 19.2. The molecule has 11 nitrogen and oxygen atoms in total. The predicted octanol–water partition coefficient (Wildman–Crippen LogP) is 6.67. The molecule has 0 saturated carbocycles. The normalized spacial score (nSPS) is 17.6. The van der Waals surface area contributed by atoms with Gasteiger partial charge in [-0.2, -0.15) is 0 Å². The van der Waals surface area contributed by atoms with Crippen LogP contribution in [0, 0.1) is 0 Å². The van der Waals surface area contributed by atoms with Crippen molar-refractivity contribution in [1.82, 2.24) is 29.4 Å². The number of rotatable bonds is 9. The summed E-state index contributed by atoms with van der Waals surface area (Å²) in [5, 5.41) is 2.46. The largest absolute Gasteiger partial charge is 0.379 e. The average Bonchev–Trinajstić information content (AvgIpc) is 3.94. The molecule has 3 aromatic heterocycles. The van der Waals surface area contributed by atoms with Gasteiger partial charge in [0.25, 0.3) is 0 Å². The molecule has 3 aliphatic heterocycles. The second-order valence-corrected chi connectivity index (χ2v) is 14.5. The fourth-order valence-electron chi connectivity index (χ4n) is 8.37. The Balaban J connectivity index is 1.00. The van der Waals surface area contributed by atoms with E-state index in [1.54, 1.807) is 0 Å². The van der Waals surface area contributed by atoms with Crippen LogP contribution in [0.25, 0.3) is 66.6 Å². The molecule has 3 aliphatic rings. The van der Waals surface area contributed by atoms with E-state index >= 15 is 0 Å². The maximum Gasteiger partial charge on any atom is 0.138 e.